The maximum atomic E-state index is 11.4. The van der Waals surface area contributed by atoms with Gasteiger partial charge in [-0.15, -0.1) is 0 Å². The van der Waals surface area contributed by atoms with Crippen molar-refractivity contribution in [3.8, 4) is 0 Å². The highest BCUT2D eigenvalue weighted by molar-refractivity contribution is 9.09. The molecule has 0 N–H and O–H groups in total. The van der Waals surface area contributed by atoms with Gasteiger partial charge in [-0.05, 0) is 6.42 Å². The Morgan fingerprint density at radius 1 is 0.773 bits per heavy atom. The molecule has 5 nitrogen and oxygen atoms in total. The summed E-state index contributed by atoms with van der Waals surface area (Å²) in [5.74, 6) is -0.125. The van der Waals surface area contributed by atoms with Crippen LogP contribution in [0.15, 0.2) is 0 Å². The zero-order chi connectivity index (χ0) is 16.3. The van der Waals surface area contributed by atoms with E-state index in [1.807, 2.05) is 0 Å². The highest BCUT2D eigenvalue weighted by Crippen LogP contribution is 2.05. The minimum Gasteiger partial charge on any atom is -0.463 e. The highest BCUT2D eigenvalue weighted by Gasteiger charge is 2.02. The molecular weight excluding hydrogens is 352 g/mol. The van der Waals surface area contributed by atoms with Crippen LogP contribution in [0.25, 0.3) is 0 Å². The van der Waals surface area contributed by atoms with Gasteiger partial charge in [0, 0.05) is 11.8 Å². The van der Waals surface area contributed by atoms with E-state index in [9.17, 15) is 4.79 Å². The van der Waals surface area contributed by atoms with Crippen molar-refractivity contribution in [1.29, 1.82) is 0 Å². The van der Waals surface area contributed by atoms with Crippen molar-refractivity contribution >= 4 is 21.9 Å². The number of esters is 1. The molecule has 0 aliphatic carbocycles. The predicted octanol–water partition coefficient (Wildman–Crippen LogP) is 3.33. The van der Waals surface area contributed by atoms with Gasteiger partial charge in [0.25, 0.3) is 0 Å². The largest absolute Gasteiger partial charge is 0.463 e. The maximum absolute atomic E-state index is 11.4. The van der Waals surface area contributed by atoms with Crippen LogP contribution in [0.4, 0.5) is 0 Å². The molecule has 0 atom stereocenters. The lowest BCUT2D eigenvalue weighted by atomic mass is 10.1. The molecule has 0 rings (SSSR count). The van der Waals surface area contributed by atoms with E-state index in [1.165, 1.54) is 19.3 Å². The van der Waals surface area contributed by atoms with Crippen molar-refractivity contribution in [2.24, 2.45) is 0 Å². The van der Waals surface area contributed by atoms with E-state index in [-0.39, 0.29) is 5.97 Å². The molecule has 0 aliphatic heterocycles. The third-order valence-electron chi connectivity index (χ3n) is 2.94. The quantitative estimate of drug-likeness (QED) is 0.219. The predicted molar refractivity (Wildman–Crippen MR) is 90.6 cm³/mol. The molecule has 0 bridgehead atoms. The van der Waals surface area contributed by atoms with Gasteiger partial charge in [-0.25, -0.2) is 0 Å². The lowest BCUT2D eigenvalue weighted by Gasteiger charge is -2.07. The van der Waals surface area contributed by atoms with Gasteiger partial charge >= 0.3 is 5.97 Å². The summed E-state index contributed by atoms with van der Waals surface area (Å²) >= 11 is 3.28. The summed E-state index contributed by atoms with van der Waals surface area (Å²) in [7, 11) is 0. The first-order valence-corrected chi connectivity index (χ1v) is 9.38. The van der Waals surface area contributed by atoms with Gasteiger partial charge in [0.1, 0.15) is 6.61 Å². The standard InChI is InChI=1S/C16H31BrO5/c1-2-3-4-5-6-7-16(18)22-15-14-21-13-12-20-11-10-19-9-8-17/h2-15H2,1H3. The first kappa shape index (κ1) is 21.8. The molecule has 0 heterocycles. The Bertz CT molecular complexity index is 239. The first-order valence-electron chi connectivity index (χ1n) is 8.26. The lowest BCUT2D eigenvalue weighted by Crippen LogP contribution is -2.14. The average Bonchev–Trinajstić information content (AvgIpc) is 2.52. The fraction of sp³-hybridized carbons (Fsp3) is 0.938. The van der Waals surface area contributed by atoms with Crippen molar-refractivity contribution in [3.05, 3.63) is 0 Å². The summed E-state index contributed by atoms with van der Waals surface area (Å²) in [5.41, 5.74) is 0. The van der Waals surface area contributed by atoms with Crippen LogP contribution in [0, 0.1) is 0 Å². The molecule has 0 saturated carbocycles. The smallest absolute Gasteiger partial charge is 0.305 e. The van der Waals surface area contributed by atoms with Crippen LogP contribution in [0.2, 0.25) is 0 Å². The fourth-order valence-corrected chi connectivity index (χ4v) is 1.98. The molecule has 0 unspecified atom stereocenters. The molecule has 0 aromatic rings. The molecule has 0 radical (unpaired) electrons. The van der Waals surface area contributed by atoms with Crippen molar-refractivity contribution in [2.45, 2.75) is 45.4 Å². The van der Waals surface area contributed by atoms with E-state index in [0.29, 0.717) is 52.7 Å². The third-order valence-corrected chi connectivity index (χ3v) is 3.26. The number of halogens is 1. The van der Waals surface area contributed by atoms with Crippen molar-refractivity contribution in [2.75, 3.05) is 51.6 Å². The summed E-state index contributed by atoms with van der Waals surface area (Å²) in [5, 5.41) is 0.841. The van der Waals surface area contributed by atoms with Gasteiger partial charge in [-0.2, -0.15) is 0 Å². The summed E-state index contributed by atoms with van der Waals surface area (Å²) < 4.78 is 21.0. The van der Waals surface area contributed by atoms with E-state index < -0.39 is 0 Å². The van der Waals surface area contributed by atoms with Crippen molar-refractivity contribution in [3.63, 3.8) is 0 Å². The van der Waals surface area contributed by atoms with Gasteiger partial charge in [-0.3, -0.25) is 4.79 Å². The minimum atomic E-state index is -0.125. The highest BCUT2D eigenvalue weighted by atomic mass is 79.9. The SMILES string of the molecule is CCCCCCCC(=O)OCCOCCOCCOCCBr. The summed E-state index contributed by atoms with van der Waals surface area (Å²) in [4.78, 5) is 11.4. The normalized spacial score (nSPS) is 10.8. The second kappa shape index (κ2) is 18.9. The van der Waals surface area contributed by atoms with Gasteiger partial charge in [0.05, 0.1) is 39.6 Å². The summed E-state index contributed by atoms with van der Waals surface area (Å²) in [6.45, 7) is 5.83. The fourth-order valence-electron chi connectivity index (χ4n) is 1.76. The number of ether oxygens (including phenoxy) is 4. The Hall–Kier alpha value is -0.170. The minimum absolute atomic E-state index is 0.125. The van der Waals surface area contributed by atoms with Crippen molar-refractivity contribution < 1.29 is 23.7 Å². The maximum Gasteiger partial charge on any atom is 0.305 e. The van der Waals surface area contributed by atoms with Crippen LogP contribution in [0.5, 0.6) is 0 Å². The van der Waals surface area contributed by atoms with Gasteiger partial charge in [0.2, 0.25) is 0 Å². The number of unbranched alkanes of at least 4 members (excludes halogenated alkanes) is 4. The number of alkyl halides is 1. The molecule has 132 valence electrons. The summed E-state index contributed by atoms with van der Waals surface area (Å²) in [6, 6.07) is 0. The number of carbonyl (C=O) groups excluding carboxylic acids is 1. The van der Waals surface area contributed by atoms with Gasteiger partial charge < -0.3 is 18.9 Å². The van der Waals surface area contributed by atoms with Crippen LogP contribution in [-0.2, 0) is 23.7 Å². The Morgan fingerprint density at radius 2 is 1.32 bits per heavy atom. The van der Waals surface area contributed by atoms with Crippen LogP contribution in [0.1, 0.15) is 45.4 Å². The Kier molecular flexibility index (Phi) is 18.7. The van der Waals surface area contributed by atoms with E-state index in [4.69, 9.17) is 18.9 Å². The molecule has 0 aromatic heterocycles. The average molecular weight is 383 g/mol. The zero-order valence-corrected chi connectivity index (χ0v) is 15.4. The number of hydrogen-bond donors (Lipinski definition) is 0. The van der Waals surface area contributed by atoms with Crippen LogP contribution in [-0.4, -0.2) is 57.5 Å². The molecule has 22 heavy (non-hydrogen) atoms. The lowest BCUT2D eigenvalue weighted by molar-refractivity contribution is -0.145. The zero-order valence-electron chi connectivity index (χ0n) is 13.8. The van der Waals surface area contributed by atoms with Gasteiger partial charge in [0.15, 0.2) is 0 Å². The molecule has 0 saturated heterocycles. The van der Waals surface area contributed by atoms with Crippen LogP contribution in [0.3, 0.4) is 0 Å². The molecule has 6 heteroatoms. The molecule has 0 aromatic carbocycles. The Labute approximate surface area is 143 Å². The Balaban J connectivity index is 3.10. The van der Waals surface area contributed by atoms with E-state index in [0.717, 1.165) is 18.2 Å². The van der Waals surface area contributed by atoms with E-state index in [2.05, 4.69) is 22.9 Å². The van der Waals surface area contributed by atoms with Crippen LogP contribution < -0.4 is 0 Å². The topological polar surface area (TPSA) is 54.0 Å². The molecule has 0 aliphatic rings. The van der Waals surface area contributed by atoms with Gasteiger partial charge in [-0.1, -0.05) is 48.5 Å². The molecule has 0 fully saturated rings. The van der Waals surface area contributed by atoms with E-state index >= 15 is 0 Å². The third kappa shape index (κ3) is 17.9. The number of rotatable bonds is 17. The van der Waals surface area contributed by atoms with Crippen LogP contribution >= 0.6 is 15.9 Å². The summed E-state index contributed by atoms with van der Waals surface area (Å²) in [6.07, 6.45) is 6.21. The molecule has 0 spiro atoms. The Morgan fingerprint density at radius 3 is 1.91 bits per heavy atom. The second-order valence-electron chi connectivity index (χ2n) is 4.91. The second-order valence-corrected chi connectivity index (χ2v) is 5.70. The number of carbonyl (C=O) groups is 1. The van der Waals surface area contributed by atoms with E-state index in [1.54, 1.807) is 0 Å². The monoisotopic (exact) mass is 382 g/mol. The first-order chi connectivity index (χ1) is 10.8. The molecular formula is C16H31BrO5. The van der Waals surface area contributed by atoms with Crippen molar-refractivity contribution in [1.82, 2.24) is 0 Å². The molecule has 0 amide bonds. The number of hydrogen-bond acceptors (Lipinski definition) is 5.